The van der Waals surface area contributed by atoms with Crippen LogP contribution < -0.4 is 5.73 Å². The fourth-order valence-electron chi connectivity index (χ4n) is 1.71. The second kappa shape index (κ2) is 3.29. The molecule has 2 N–H and O–H groups in total. The smallest absolute Gasteiger partial charge is 0.137 e. The summed E-state index contributed by atoms with van der Waals surface area (Å²) in [6, 6.07) is 3.91. The van der Waals surface area contributed by atoms with E-state index in [0.717, 1.165) is 17.7 Å². The largest absolute Gasteiger partial charge is 0.398 e. The predicted molar refractivity (Wildman–Crippen MR) is 60.6 cm³/mol. The van der Waals surface area contributed by atoms with Crippen LogP contribution >= 0.6 is 22.6 Å². The molecule has 1 aliphatic rings. The molecule has 2 nitrogen and oxygen atoms in total. The van der Waals surface area contributed by atoms with Crippen molar-refractivity contribution in [2.45, 2.75) is 19.3 Å². The average Bonchev–Trinajstić information content (AvgIpc) is 2.12. The Balaban J connectivity index is 2.57. The fourth-order valence-corrected chi connectivity index (χ4v) is 2.49. The number of rotatable bonds is 0. The lowest BCUT2D eigenvalue weighted by Crippen LogP contribution is -2.16. The molecule has 0 amide bonds. The highest BCUT2D eigenvalue weighted by Gasteiger charge is 2.19. The number of ketones is 1. The van der Waals surface area contributed by atoms with Gasteiger partial charge in [0, 0.05) is 22.1 Å². The van der Waals surface area contributed by atoms with Gasteiger partial charge in [-0.25, -0.2) is 0 Å². The van der Waals surface area contributed by atoms with Crippen LogP contribution in [0.25, 0.3) is 0 Å². The Morgan fingerprint density at radius 2 is 2.00 bits per heavy atom. The van der Waals surface area contributed by atoms with E-state index in [9.17, 15) is 4.79 Å². The number of Topliss-reactive ketones (excluding diaryl/α,β-unsaturated/α-hetero) is 1. The molecule has 68 valence electrons. The summed E-state index contributed by atoms with van der Waals surface area (Å²) in [7, 11) is 0. The van der Waals surface area contributed by atoms with Crippen molar-refractivity contribution in [2.24, 2.45) is 0 Å². The van der Waals surface area contributed by atoms with E-state index >= 15 is 0 Å². The molecule has 3 heteroatoms. The number of halogens is 1. The van der Waals surface area contributed by atoms with E-state index in [2.05, 4.69) is 22.6 Å². The zero-order valence-corrected chi connectivity index (χ0v) is 9.30. The summed E-state index contributed by atoms with van der Waals surface area (Å²) in [6.07, 6.45) is 2.06. The normalized spacial score (nSPS) is 15.6. The first-order chi connectivity index (χ1) is 6.18. The molecule has 1 aromatic rings. The van der Waals surface area contributed by atoms with Crippen LogP contribution in [0, 0.1) is 3.57 Å². The molecule has 1 aromatic carbocycles. The lowest BCUT2D eigenvalue weighted by atomic mass is 9.90. The average molecular weight is 287 g/mol. The molecule has 2 rings (SSSR count). The van der Waals surface area contributed by atoms with Crippen molar-refractivity contribution in [1.82, 2.24) is 0 Å². The number of hydrogen-bond acceptors (Lipinski definition) is 2. The maximum absolute atomic E-state index is 11.2. The molecule has 13 heavy (non-hydrogen) atoms. The van der Waals surface area contributed by atoms with Gasteiger partial charge in [0.15, 0.2) is 0 Å². The maximum Gasteiger partial charge on any atom is 0.137 e. The minimum atomic E-state index is 0.307. The molecule has 0 saturated carbocycles. The first kappa shape index (κ1) is 8.99. The van der Waals surface area contributed by atoms with Gasteiger partial charge in [-0.2, -0.15) is 0 Å². The monoisotopic (exact) mass is 287 g/mol. The Hall–Kier alpha value is -0.580. The van der Waals surface area contributed by atoms with Crippen molar-refractivity contribution in [3.05, 3.63) is 26.8 Å². The van der Waals surface area contributed by atoms with Gasteiger partial charge in [-0.1, -0.05) is 0 Å². The number of benzene rings is 1. The first-order valence-corrected chi connectivity index (χ1v) is 5.34. The molecule has 0 heterocycles. The number of nitrogen functional groups attached to an aromatic ring is 1. The third kappa shape index (κ3) is 1.57. The van der Waals surface area contributed by atoms with Crippen LogP contribution in [0.4, 0.5) is 5.69 Å². The molecule has 1 aliphatic carbocycles. The summed E-state index contributed by atoms with van der Waals surface area (Å²) in [4.78, 5) is 11.2. The zero-order valence-electron chi connectivity index (χ0n) is 7.14. The first-order valence-electron chi connectivity index (χ1n) is 4.26. The Morgan fingerprint density at radius 3 is 2.77 bits per heavy atom. The van der Waals surface area contributed by atoms with E-state index < -0.39 is 0 Å². The van der Waals surface area contributed by atoms with Crippen LogP contribution in [-0.4, -0.2) is 5.78 Å². The van der Waals surface area contributed by atoms with Gasteiger partial charge in [-0.15, -0.1) is 0 Å². The number of carbonyl (C=O) groups is 1. The second-order valence-electron chi connectivity index (χ2n) is 3.31. The molecule has 0 atom stereocenters. The maximum atomic E-state index is 11.2. The van der Waals surface area contributed by atoms with Gasteiger partial charge in [0.1, 0.15) is 5.78 Å². The van der Waals surface area contributed by atoms with Gasteiger partial charge in [0.2, 0.25) is 0 Å². The molecule has 0 saturated heterocycles. The molecule has 0 unspecified atom stereocenters. The van der Waals surface area contributed by atoms with Gasteiger partial charge < -0.3 is 5.73 Å². The number of hydrogen-bond donors (Lipinski definition) is 1. The highest BCUT2D eigenvalue weighted by atomic mass is 127. The van der Waals surface area contributed by atoms with Crippen LogP contribution in [0.1, 0.15) is 17.5 Å². The number of carbonyl (C=O) groups excluding carboxylic acids is 1. The Labute approximate surface area is 90.6 Å². The van der Waals surface area contributed by atoms with Crippen molar-refractivity contribution in [3.63, 3.8) is 0 Å². The third-order valence-electron chi connectivity index (χ3n) is 2.44. The lowest BCUT2D eigenvalue weighted by molar-refractivity contribution is -0.118. The van der Waals surface area contributed by atoms with Crippen LogP contribution in [0.2, 0.25) is 0 Å². The molecule has 0 fully saturated rings. The molecular formula is C10H10INO. The fraction of sp³-hybridized carbons (Fsp3) is 0.300. The predicted octanol–water partition coefficient (Wildman–Crippen LogP) is 1.93. The van der Waals surface area contributed by atoms with E-state index in [-0.39, 0.29) is 0 Å². The molecule has 0 spiro atoms. The van der Waals surface area contributed by atoms with Crippen LogP contribution in [-0.2, 0) is 17.6 Å². The van der Waals surface area contributed by atoms with Gasteiger partial charge in [-0.3, -0.25) is 4.79 Å². The highest BCUT2D eigenvalue weighted by molar-refractivity contribution is 14.1. The zero-order chi connectivity index (χ0) is 9.42. The Morgan fingerprint density at radius 1 is 1.23 bits per heavy atom. The minimum absolute atomic E-state index is 0.307. The molecular weight excluding hydrogens is 277 g/mol. The third-order valence-corrected chi connectivity index (χ3v) is 3.45. The van der Waals surface area contributed by atoms with Crippen LogP contribution in [0.15, 0.2) is 12.1 Å². The van der Waals surface area contributed by atoms with Gasteiger partial charge in [-0.05, 0) is 52.3 Å². The Bertz CT molecular complexity index is 373. The van der Waals surface area contributed by atoms with Crippen molar-refractivity contribution in [3.8, 4) is 0 Å². The summed E-state index contributed by atoms with van der Waals surface area (Å²) in [5, 5.41) is 0. The summed E-state index contributed by atoms with van der Waals surface area (Å²) in [5.41, 5.74) is 8.92. The number of fused-ring (bicyclic) bond motifs is 1. The number of anilines is 1. The minimum Gasteiger partial charge on any atom is -0.398 e. The second-order valence-corrected chi connectivity index (χ2v) is 4.47. The van der Waals surface area contributed by atoms with Gasteiger partial charge >= 0.3 is 0 Å². The van der Waals surface area contributed by atoms with E-state index in [1.54, 1.807) is 0 Å². The lowest BCUT2D eigenvalue weighted by Gasteiger charge is -2.18. The summed E-state index contributed by atoms with van der Waals surface area (Å²) < 4.78 is 1.23. The van der Waals surface area contributed by atoms with E-state index in [0.29, 0.717) is 18.6 Å². The quantitative estimate of drug-likeness (QED) is 0.585. The van der Waals surface area contributed by atoms with Crippen LogP contribution in [0.5, 0.6) is 0 Å². The molecule has 0 aliphatic heterocycles. The van der Waals surface area contributed by atoms with E-state index in [4.69, 9.17) is 5.73 Å². The van der Waals surface area contributed by atoms with Crippen molar-refractivity contribution in [1.29, 1.82) is 0 Å². The van der Waals surface area contributed by atoms with Gasteiger partial charge in [0.05, 0.1) is 0 Å². The highest BCUT2D eigenvalue weighted by Crippen LogP contribution is 2.28. The van der Waals surface area contributed by atoms with Crippen LogP contribution in [0.3, 0.4) is 0 Å². The molecule has 0 bridgehead atoms. The number of nitrogens with two attached hydrogens (primary N) is 1. The SMILES string of the molecule is Nc1ccc(I)c2c1CC(=O)CC2. The summed E-state index contributed by atoms with van der Waals surface area (Å²) in [6.45, 7) is 0. The Kier molecular flexibility index (Phi) is 2.27. The van der Waals surface area contributed by atoms with E-state index in [1.165, 1.54) is 9.13 Å². The van der Waals surface area contributed by atoms with Crippen molar-refractivity contribution < 1.29 is 4.79 Å². The summed E-state index contributed by atoms with van der Waals surface area (Å²) >= 11 is 2.30. The van der Waals surface area contributed by atoms with Gasteiger partial charge in [0.25, 0.3) is 0 Å². The van der Waals surface area contributed by atoms with Crippen molar-refractivity contribution >= 4 is 34.1 Å². The molecule has 0 aromatic heterocycles. The van der Waals surface area contributed by atoms with E-state index in [1.807, 2.05) is 12.1 Å². The summed E-state index contributed by atoms with van der Waals surface area (Å²) in [5.74, 6) is 0.307. The standard InChI is InChI=1S/C10H10INO/c11-9-3-4-10(12)8-5-6(13)1-2-7(8)9/h3-4H,1-2,5,12H2. The topological polar surface area (TPSA) is 43.1 Å². The van der Waals surface area contributed by atoms with Crippen molar-refractivity contribution in [2.75, 3.05) is 5.73 Å². The molecule has 0 radical (unpaired) electrons.